The van der Waals surface area contributed by atoms with Crippen LogP contribution in [0.4, 0.5) is 10.1 Å². The van der Waals surface area contributed by atoms with Crippen LogP contribution in [-0.4, -0.2) is 25.2 Å². The number of carbonyl (C=O) groups excluding carboxylic acids is 2. The van der Waals surface area contributed by atoms with Gasteiger partial charge in [-0.25, -0.2) is 4.39 Å². The molecule has 2 heterocycles. The molecule has 2 aliphatic heterocycles. The molecule has 8 heteroatoms. The zero-order valence-electron chi connectivity index (χ0n) is 17.4. The average Bonchev–Trinajstić information content (AvgIpc) is 3.30. The molecule has 0 bridgehead atoms. The van der Waals surface area contributed by atoms with Gasteiger partial charge in [0.15, 0.2) is 23.0 Å². The molecule has 0 aliphatic carbocycles. The SMILES string of the molecule is O=C(CN1C(=O)C(=Cc2ccccc2F)Oc2ccccc21)NCc1ccc2c(c1)OCO2. The van der Waals surface area contributed by atoms with Gasteiger partial charge in [-0.15, -0.1) is 0 Å². The van der Waals surface area contributed by atoms with E-state index in [1.54, 1.807) is 54.6 Å². The number of ether oxygens (including phenoxy) is 3. The Hall–Kier alpha value is -4.33. The molecule has 0 atom stereocenters. The van der Waals surface area contributed by atoms with E-state index in [0.717, 1.165) is 5.56 Å². The number of anilines is 1. The van der Waals surface area contributed by atoms with Crippen LogP contribution in [0.15, 0.2) is 72.5 Å². The van der Waals surface area contributed by atoms with Crippen molar-refractivity contribution >= 4 is 23.6 Å². The molecule has 2 aliphatic rings. The van der Waals surface area contributed by atoms with E-state index in [-0.39, 0.29) is 37.1 Å². The highest BCUT2D eigenvalue weighted by molar-refractivity contribution is 6.12. The first-order valence-electron chi connectivity index (χ1n) is 10.3. The molecule has 0 unspecified atom stereocenters. The highest BCUT2D eigenvalue weighted by atomic mass is 19.1. The highest BCUT2D eigenvalue weighted by Gasteiger charge is 2.31. The lowest BCUT2D eigenvalue weighted by atomic mass is 10.1. The molecule has 0 saturated heterocycles. The smallest absolute Gasteiger partial charge is 0.294 e. The monoisotopic (exact) mass is 446 g/mol. The summed E-state index contributed by atoms with van der Waals surface area (Å²) in [6.45, 7) is 0.207. The summed E-state index contributed by atoms with van der Waals surface area (Å²) in [6, 6.07) is 18.4. The van der Waals surface area contributed by atoms with Crippen molar-refractivity contribution in [2.24, 2.45) is 0 Å². The predicted molar refractivity (Wildman–Crippen MR) is 118 cm³/mol. The zero-order valence-corrected chi connectivity index (χ0v) is 17.4. The first-order valence-corrected chi connectivity index (χ1v) is 10.3. The molecule has 1 N–H and O–H groups in total. The number of para-hydroxylation sites is 2. The molecule has 0 fully saturated rings. The normalized spacial score (nSPS) is 15.2. The van der Waals surface area contributed by atoms with Crippen LogP contribution < -0.4 is 24.4 Å². The summed E-state index contributed by atoms with van der Waals surface area (Å²) >= 11 is 0. The lowest BCUT2D eigenvalue weighted by molar-refractivity contribution is -0.123. The number of nitrogens with zero attached hydrogens (tertiary/aromatic N) is 1. The summed E-state index contributed by atoms with van der Waals surface area (Å²) in [4.78, 5) is 27.2. The molecule has 7 nitrogen and oxygen atoms in total. The van der Waals surface area contributed by atoms with Crippen molar-refractivity contribution in [1.29, 1.82) is 0 Å². The number of fused-ring (bicyclic) bond motifs is 2. The van der Waals surface area contributed by atoms with Gasteiger partial charge in [0.25, 0.3) is 5.91 Å². The minimum absolute atomic E-state index is 0.0672. The fraction of sp³-hybridized carbons (Fsp3) is 0.120. The molecule has 33 heavy (non-hydrogen) atoms. The third-order valence-electron chi connectivity index (χ3n) is 5.25. The number of benzene rings is 3. The van der Waals surface area contributed by atoms with Crippen LogP contribution >= 0.6 is 0 Å². The Labute approximate surface area is 189 Å². The maximum absolute atomic E-state index is 14.1. The van der Waals surface area contributed by atoms with Crippen molar-refractivity contribution in [3.8, 4) is 17.2 Å². The third kappa shape index (κ3) is 4.23. The zero-order chi connectivity index (χ0) is 22.8. The minimum atomic E-state index is -0.532. The van der Waals surface area contributed by atoms with Crippen LogP contribution in [0.5, 0.6) is 17.2 Å². The Kier molecular flexibility index (Phi) is 5.40. The van der Waals surface area contributed by atoms with Crippen molar-refractivity contribution in [2.45, 2.75) is 6.54 Å². The van der Waals surface area contributed by atoms with E-state index in [4.69, 9.17) is 14.2 Å². The van der Waals surface area contributed by atoms with Crippen molar-refractivity contribution < 1.29 is 28.2 Å². The summed E-state index contributed by atoms with van der Waals surface area (Å²) in [5, 5.41) is 2.81. The second kappa shape index (κ2) is 8.66. The van der Waals surface area contributed by atoms with Crippen molar-refractivity contribution in [3.63, 3.8) is 0 Å². The van der Waals surface area contributed by atoms with Gasteiger partial charge < -0.3 is 19.5 Å². The van der Waals surface area contributed by atoms with Crippen molar-refractivity contribution in [3.05, 3.63) is 89.4 Å². The second-order valence-electron chi connectivity index (χ2n) is 7.46. The van der Waals surface area contributed by atoms with E-state index in [0.29, 0.717) is 22.9 Å². The largest absolute Gasteiger partial charge is 0.454 e. The van der Waals surface area contributed by atoms with Gasteiger partial charge in [-0.2, -0.15) is 0 Å². The molecular formula is C25H19FN2O5. The van der Waals surface area contributed by atoms with Gasteiger partial charge in [0.05, 0.1) is 5.69 Å². The van der Waals surface area contributed by atoms with Gasteiger partial charge in [-0.05, 0) is 42.0 Å². The van der Waals surface area contributed by atoms with Gasteiger partial charge in [0.2, 0.25) is 12.7 Å². The molecule has 3 aromatic carbocycles. The average molecular weight is 446 g/mol. The quantitative estimate of drug-likeness (QED) is 0.606. The van der Waals surface area contributed by atoms with Crippen LogP contribution in [0.25, 0.3) is 6.08 Å². The van der Waals surface area contributed by atoms with Crippen molar-refractivity contribution in [1.82, 2.24) is 5.32 Å². The van der Waals surface area contributed by atoms with E-state index >= 15 is 0 Å². The van der Waals surface area contributed by atoms with Crippen LogP contribution in [0.1, 0.15) is 11.1 Å². The Balaban J connectivity index is 1.34. The van der Waals surface area contributed by atoms with Gasteiger partial charge in [0.1, 0.15) is 12.4 Å². The first kappa shape index (κ1) is 20.6. The number of nitrogens with one attached hydrogen (secondary N) is 1. The number of hydrogen-bond acceptors (Lipinski definition) is 5. The van der Waals surface area contributed by atoms with E-state index in [2.05, 4.69) is 5.32 Å². The molecule has 2 amide bonds. The van der Waals surface area contributed by atoms with Crippen LogP contribution in [-0.2, 0) is 16.1 Å². The standard InChI is InChI=1S/C25H19FN2O5/c26-18-6-2-1-5-17(18)12-23-25(30)28(19-7-3-4-8-20(19)33-23)14-24(29)27-13-16-9-10-21-22(11-16)32-15-31-21/h1-12H,13-15H2,(H,27,29). The maximum Gasteiger partial charge on any atom is 0.294 e. The Morgan fingerprint density at radius 1 is 1.00 bits per heavy atom. The van der Waals surface area contributed by atoms with Gasteiger partial charge in [-0.1, -0.05) is 36.4 Å². The van der Waals surface area contributed by atoms with E-state index in [9.17, 15) is 14.0 Å². The molecule has 0 spiro atoms. The number of amides is 2. The summed E-state index contributed by atoms with van der Waals surface area (Å²) < 4.78 is 30.5. The summed E-state index contributed by atoms with van der Waals surface area (Å²) in [7, 11) is 0. The number of carbonyl (C=O) groups is 2. The van der Waals surface area contributed by atoms with Gasteiger partial charge in [-0.3, -0.25) is 14.5 Å². The highest BCUT2D eigenvalue weighted by Crippen LogP contribution is 2.36. The van der Waals surface area contributed by atoms with Gasteiger partial charge >= 0.3 is 0 Å². The third-order valence-corrected chi connectivity index (χ3v) is 5.25. The van der Waals surface area contributed by atoms with Crippen LogP contribution in [0.3, 0.4) is 0 Å². The number of halogens is 1. The fourth-order valence-electron chi connectivity index (χ4n) is 3.60. The lowest BCUT2D eigenvalue weighted by Crippen LogP contribution is -2.44. The topological polar surface area (TPSA) is 77.1 Å². The Bertz CT molecular complexity index is 1270. The number of hydrogen-bond donors (Lipinski definition) is 1. The molecular weight excluding hydrogens is 427 g/mol. The van der Waals surface area contributed by atoms with Crippen molar-refractivity contribution in [2.75, 3.05) is 18.2 Å². The summed E-state index contributed by atoms with van der Waals surface area (Å²) in [5.41, 5.74) is 1.51. The number of rotatable bonds is 5. The molecule has 0 saturated carbocycles. The molecule has 3 aromatic rings. The van der Waals surface area contributed by atoms with Crippen LogP contribution in [0.2, 0.25) is 0 Å². The lowest BCUT2D eigenvalue weighted by Gasteiger charge is -2.30. The predicted octanol–water partition coefficient (Wildman–Crippen LogP) is 3.64. The molecule has 0 aromatic heterocycles. The van der Waals surface area contributed by atoms with E-state index < -0.39 is 11.7 Å². The Morgan fingerprint density at radius 2 is 1.79 bits per heavy atom. The molecule has 0 radical (unpaired) electrons. The van der Waals surface area contributed by atoms with Gasteiger partial charge in [0, 0.05) is 12.1 Å². The molecule has 5 rings (SSSR count). The Morgan fingerprint density at radius 3 is 2.67 bits per heavy atom. The summed E-state index contributed by atoms with van der Waals surface area (Å²) in [6.07, 6.45) is 1.34. The summed E-state index contributed by atoms with van der Waals surface area (Å²) in [5.74, 6) is 0.258. The van der Waals surface area contributed by atoms with E-state index in [1.165, 1.54) is 17.0 Å². The van der Waals surface area contributed by atoms with E-state index in [1.807, 2.05) is 6.07 Å². The fourth-order valence-corrected chi connectivity index (χ4v) is 3.60. The van der Waals surface area contributed by atoms with Crippen LogP contribution in [0, 0.1) is 5.82 Å². The first-order chi connectivity index (χ1) is 16.1. The second-order valence-corrected chi connectivity index (χ2v) is 7.46. The minimum Gasteiger partial charge on any atom is -0.454 e. The maximum atomic E-state index is 14.1. The molecule has 166 valence electrons.